The summed E-state index contributed by atoms with van der Waals surface area (Å²) in [6.45, 7) is 0.636. The van der Waals surface area contributed by atoms with Crippen molar-refractivity contribution in [1.82, 2.24) is 19.5 Å². The number of thiazole rings is 1. The number of hydrogen-bond acceptors (Lipinski definition) is 7. The SMILES string of the molecule is CNc1nc2sc(NCc3ccccc3OC)nc2c2c1ncn2C. The smallest absolute Gasteiger partial charge is 0.185 e. The van der Waals surface area contributed by atoms with E-state index >= 15 is 0 Å². The van der Waals surface area contributed by atoms with E-state index in [1.54, 1.807) is 13.4 Å². The van der Waals surface area contributed by atoms with E-state index in [-0.39, 0.29) is 0 Å². The molecule has 4 aromatic rings. The monoisotopic (exact) mass is 354 g/mol. The Labute approximate surface area is 148 Å². The summed E-state index contributed by atoms with van der Waals surface area (Å²) in [7, 11) is 5.50. The Hall–Kier alpha value is -2.87. The van der Waals surface area contributed by atoms with Crippen LogP contribution in [0.2, 0.25) is 0 Å². The van der Waals surface area contributed by atoms with Crippen molar-refractivity contribution in [2.45, 2.75) is 6.54 Å². The zero-order valence-electron chi connectivity index (χ0n) is 14.2. The molecule has 0 amide bonds. The largest absolute Gasteiger partial charge is 0.496 e. The lowest BCUT2D eigenvalue weighted by atomic mass is 10.2. The Kier molecular flexibility index (Phi) is 3.89. The summed E-state index contributed by atoms with van der Waals surface area (Å²) in [5, 5.41) is 7.31. The van der Waals surface area contributed by atoms with Crippen LogP contribution in [0.15, 0.2) is 30.6 Å². The number of rotatable bonds is 5. The minimum atomic E-state index is 0.636. The molecule has 2 N–H and O–H groups in total. The number of fused-ring (bicyclic) bond motifs is 3. The van der Waals surface area contributed by atoms with E-state index in [0.29, 0.717) is 6.54 Å². The van der Waals surface area contributed by atoms with Crippen molar-refractivity contribution in [3.8, 4) is 5.75 Å². The van der Waals surface area contributed by atoms with Gasteiger partial charge in [-0.15, -0.1) is 0 Å². The molecule has 0 atom stereocenters. The summed E-state index contributed by atoms with van der Waals surface area (Å²) in [5.41, 5.74) is 3.76. The van der Waals surface area contributed by atoms with E-state index in [2.05, 4.69) is 20.6 Å². The molecule has 0 saturated carbocycles. The van der Waals surface area contributed by atoms with Crippen LogP contribution < -0.4 is 15.4 Å². The van der Waals surface area contributed by atoms with Crippen molar-refractivity contribution >= 4 is 43.7 Å². The van der Waals surface area contributed by atoms with Crippen LogP contribution in [0.3, 0.4) is 0 Å². The van der Waals surface area contributed by atoms with Gasteiger partial charge in [0.05, 0.1) is 13.4 Å². The van der Waals surface area contributed by atoms with E-state index in [0.717, 1.165) is 43.6 Å². The number of para-hydroxylation sites is 1. The van der Waals surface area contributed by atoms with Gasteiger partial charge in [-0.25, -0.2) is 15.0 Å². The lowest BCUT2D eigenvalue weighted by molar-refractivity contribution is 0.410. The maximum absolute atomic E-state index is 5.40. The minimum absolute atomic E-state index is 0.636. The number of methoxy groups -OCH3 is 1. The molecule has 0 unspecified atom stereocenters. The van der Waals surface area contributed by atoms with Gasteiger partial charge in [-0.1, -0.05) is 29.5 Å². The predicted molar refractivity (Wildman–Crippen MR) is 102 cm³/mol. The molecule has 0 aliphatic rings. The lowest BCUT2D eigenvalue weighted by Gasteiger charge is -2.08. The Balaban J connectivity index is 1.72. The molecule has 0 saturated heterocycles. The zero-order valence-corrected chi connectivity index (χ0v) is 15.0. The normalized spacial score (nSPS) is 11.2. The summed E-state index contributed by atoms with van der Waals surface area (Å²) < 4.78 is 7.37. The van der Waals surface area contributed by atoms with Crippen molar-refractivity contribution < 1.29 is 4.74 Å². The minimum Gasteiger partial charge on any atom is -0.496 e. The van der Waals surface area contributed by atoms with E-state index in [9.17, 15) is 0 Å². The second-order valence-electron chi connectivity index (χ2n) is 5.60. The van der Waals surface area contributed by atoms with E-state index < -0.39 is 0 Å². The van der Waals surface area contributed by atoms with Crippen LogP contribution in [0, 0.1) is 0 Å². The standard InChI is InChI=1S/C17H18N6OS/c1-18-15-12-14(23(2)9-20-12)13-16(22-15)25-17(21-13)19-8-10-6-4-5-7-11(10)24-3/h4-7,9H,8H2,1-3H3,(H,18,22)(H,19,21). The molecule has 3 aromatic heterocycles. The molecule has 7 nitrogen and oxygen atoms in total. The molecule has 3 heterocycles. The molecule has 8 heteroatoms. The number of nitrogens with one attached hydrogen (secondary N) is 2. The molecular formula is C17H18N6OS. The van der Waals surface area contributed by atoms with Gasteiger partial charge in [-0.05, 0) is 6.07 Å². The Morgan fingerprint density at radius 1 is 1.20 bits per heavy atom. The number of aryl methyl sites for hydroxylation is 1. The number of benzene rings is 1. The van der Waals surface area contributed by atoms with E-state index in [4.69, 9.17) is 9.72 Å². The number of imidazole rings is 1. The highest BCUT2D eigenvalue weighted by molar-refractivity contribution is 7.21. The number of hydrogen-bond donors (Lipinski definition) is 2. The van der Waals surface area contributed by atoms with Gasteiger partial charge in [0.15, 0.2) is 10.9 Å². The first-order chi connectivity index (χ1) is 12.2. The van der Waals surface area contributed by atoms with Crippen molar-refractivity contribution in [1.29, 1.82) is 0 Å². The van der Waals surface area contributed by atoms with E-state index in [1.807, 2.05) is 42.9 Å². The summed E-state index contributed by atoms with van der Waals surface area (Å²) in [6, 6.07) is 7.95. The fraction of sp³-hybridized carbons (Fsp3) is 0.235. The van der Waals surface area contributed by atoms with Gasteiger partial charge >= 0.3 is 0 Å². The van der Waals surface area contributed by atoms with Gasteiger partial charge in [-0.3, -0.25) is 0 Å². The third-order valence-corrected chi connectivity index (χ3v) is 4.97. The zero-order chi connectivity index (χ0) is 17.4. The lowest BCUT2D eigenvalue weighted by Crippen LogP contribution is -2.01. The number of aromatic nitrogens is 4. The van der Waals surface area contributed by atoms with Crippen LogP contribution in [0.5, 0.6) is 5.75 Å². The van der Waals surface area contributed by atoms with Gasteiger partial charge in [0.25, 0.3) is 0 Å². The molecule has 25 heavy (non-hydrogen) atoms. The van der Waals surface area contributed by atoms with Crippen molar-refractivity contribution in [2.24, 2.45) is 7.05 Å². The predicted octanol–water partition coefficient (Wildman–Crippen LogP) is 3.24. The summed E-state index contributed by atoms with van der Waals surface area (Å²) >= 11 is 1.53. The summed E-state index contributed by atoms with van der Waals surface area (Å²) in [4.78, 5) is 14.7. The highest BCUT2D eigenvalue weighted by Gasteiger charge is 2.16. The third-order valence-electron chi connectivity index (χ3n) is 4.07. The number of nitrogens with zero attached hydrogens (tertiary/aromatic N) is 4. The molecule has 1 aromatic carbocycles. The maximum atomic E-state index is 5.40. The average Bonchev–Trinajstić information content (AvgIpc) is 3.22. The maximum Gasteiger partial charge on any atom is 0.185 e. The second kappa shape index (κ2) is 6.21. The first-order valence-electron chi connectivity index (χ1n) is 7.86. The molecule has 4 rings (SSSR count). The van der Waals surface area contributed by atoms with Crippen molar-refractivity contribution in [3.05, 3.63) is 36.2 Å². The first-order valence-corrected chi connectivity index (χ1v) is 8.68. The first kappa shape index (κ1) is 15.6. The molecule has 128 valence electrons. The Morgan fingerprint density at radius 3 is 2.84 bits per heavy atom. The van der Waals surface area contributed by atoms with Crippen LogP contribution in [0.1, 0.15) is 5.56 Å². The Morgan fingerprint density at radius 2 is 2.04 bits per heavy atom. The molecule has 0 aliphatic heterocycles. The molecule has 0 fully saturated rings. The molecule has 0 radical (unpaired) electrons. The van der Waals surface area contributed by atoms with Crippen molar-refractivity contribution in [2.75, 3.05) is 24.8 Å². The van der Waals surface area contributed by atoms with Gasteiger partial charge < -0.3 is 19.9 Å². The quantitative estimate of drug-likeness (QED) is 0.573. The van der Waals surface area contributed by atoms with Gasteiger partial charge in [0.1, 0.15) is 27.1 Å². The summed E-state index contributed by atoms with van der Waals surface area (Å²) in [6.07, 6.45) is 1.79. The van der Waals surface area contributed by atoms with Crippen LogP contribution >= 0.6 is 11.3 Å². The third kappa shape index (κ3) is 2.64. The number of anilines is 2. The Bertz CT molecular complexity index is 1050. The number of ether oxygens (including phenoxy) is 1. The van der Waals surface area contributed by atoms with Crippen LogP contribution in [0.4, 0.5) is 10.9 Å². The van der Waals surface area contributed by atoms with Crippen molar-refractivity contribution in [3.63, 3.8) is 0 Å². The molecule has 0 spiro atoms. The fourth-order valence-corrected chi connectivity index (χ4v) is 3.69. The summed E-state index contributed by atoms with van der Waals surface area (Å²) in [5.74, 6) is 1.63. The van der Waals surface area contributed by atoms with Gasteiger partial charge in [0.2, 0.25) is 0 Å². The molecule has 0 aliphatic carbocycles. The highest BCUT2D eigenvalue weighted by atomic mass is 32.1. The van der Waals surface area contributed by atoms with E-state index in [1.165, 1.54) is 11.3 Å². The highest BCUT2D eigenvalue weighted by Crippen LogP contribution is 2.33. The second-order valence-corrected chi connectivity index (χ2v) is 6.58. The molecule has 0 bridgehead atoms. The average molecular weight is 354 g/mol. The topological polar surface area (TPSA) is 76.9 Å². The van der Waals surface area contributed by atoms with Crippen LogP contribution in [-0.4, -0.2) is 33.7 Å². The molecular weight excluding hydrogens is 336 g/mol. The fourth-order valence-electron chi connectivity index (χ4n) is 2.85. The van der Waals surface area contributed by atoms with Gasteiger partial charge in [-0.2, -0.15) is 0 Å². The van der Waals surface area contributed by atoms with Crippen LogP contribution in [-0.2, 0) is 13.6 Å². The number of pyridine rings is 1. The van der Waals surface area contributed by atoms with Gasteiger partial charge in [0, 0.05) is 26.2 Å². The van der Waals surface area contributed by atoms with Crippen LogP contribution in [0.25, 0.3) is 21.4 Å².